The molecule has 1 heterocycles. The van der Waals surface area contributed by atoms with Crippen LogP contribution in [0.3, 0.4) is 0 Å². The Kier molecular flexibility index (Phi) is 6.41. The van der Waals surface area contributed by atoms with Crippen LogP contribution >= 0.6 is 0 Å². The molecule has 0 spiro atoms. The van der Waals surface area contributed by atoms with Crippen LogP contribution in [0.4, 0.5) is 0 Å². The molecule has 17 heavy (non-hydrogen) atoms. The number of rotatable bonds is 8. The summed E-state index contributed by atoms with van der Waals surface area (Å²) in [6, 6.07) is 0.524. The summed E-state index contributed by atoms with van der Waals surface area (Å²) in [5.74, 6) is 0. The summed E-state index contributed by atoms with van der Waals surface area (Å²) in [5.41, 5.74) is 0.258. The highest BCUT2D eigenvalue weighted by atomic mass is 16.5. The molecule has 1 saturated heterocycles. The molecule has 1 unspecified atom stereocenters. The Labute approximate surface area is 105 Å². The van der Waals surface area contributed by atoms with Crippen molar-refractivity contribution >= 4 is 0 Å². The Morgan fingerprint density at radius 2 is 2.24 bits per heavy atom. The van der Waals surface area contributed by atoms with Gasteiger partial charge in [-0.3, -0.25) is 0 Å². The monoisotopic (exact) mass is 244 g/mol. The first kappa shape index (κ1) is 14.9. The Morgan fingerprint density at radius 3 is 2.71 bits per heavy atom. The third-order valence-electron chi connectivity index (χ3n) is 3.61. The van der Waals surface area contributed by atoms with E-state index in [4.69, 9.17) is 9.84 Å². The number of nitrogens with one attached hydrogen (secondary N) is 1. The first-order valence-corrected chi connectivity index (χ1v) is 6.71. The van der Waals surface area contributed by atoms with Gasteiger partial charge in [0.15, 0.2) is 0 Å². The number of hydrogen-bond donors (Lipinski definition) is 2. The number of hydrogen-bond acceptors (Lipinski definition) is 4. The fraction of sp³-hybridized carbons (Fsp3) is 1.00. The average Bonchev–Trinajstić information content (AvgIpc) is 2.73. The molecule has 1 fully saturated rings. The lowest BCUT2D eigenvalue weighted by molar-refractivity contribution is 0.0894. The minimum atomic E-state index is 0.258. The van der Waals surface area contributed by atoms with Crippen LogP contribution in [0.1, 0.15) is 26.7 Å². The van der Waals surface area contributed by atoms with Crippen molar-refractivity contribution in [3.05, 3.63) is 0 Å². The highest BCUT2D eigenvalue weighted by molar-refractivity contribution is 4.88. The normalized spacial score (nSPS) is 25.1. The van der Waals surface area contributed by atoms with Gasteiger partial charge in [0.2, 0.25) is 0 Å². The highest BCUT2D eigenvalue weighted by Gasteiger charge is 2.36. The van der Waals surface area contributed by atoms with Crippen molar-refractivity contribution in [3.63, 3.8) is 0 Å². The Bertz CT molecular complexity index is 204. The van der Waals surface area contributed by atoms with E-state index in [-0.39, 0.29) is 12.0 Å². The van der Waals surface area contributed by atoms with Crippen molar-refractivity contribution in [2.24, 2.45) is 5.41 Å². The molecule has 0 radical (unpaired) electrons. The van der Waals surface area contributed by atoms with Gasteiger partial charge in [-0.05, 0) is 33.7 Å². The summed E-state index contributed by atoms with van der Waals surface area (Å²) in [7, 11) is 2.01. The number of ether oxygens (including phenoxy) is 1. The van der Waals surface area contributed by atoms with Crippen LogP contribution in [-0.4, -0.2) is 62.6 Å². The zero-order chi connectivity index (χ0) is 12.7. The van der Waals surface area contributed by atoms with Gasteiger partial charge in [-0.25, -0.2) is 0 Å². The standard InChI is InChI=1S/C13H28N2O2/c1-12(2)15(6-4-7-16)10-13(9-14-3)5-8-17-11-13/h12,14,16H,4-11H2,1-3H3. The fourth-order valence-electron chi connectivity index (χ4n) is 2.57. The van der Waals surface area contributed by atoms with Crippen LogP contribution in [0.2, 0.25) is 0 Å². The minimum absolute atomic E-state index is 0.258. The zero-order valence-electron chi connectivity index (χ0n) is 11.5. The Balaban J connectivity index is 2.55. The topological polar surface area (TPSA) is 44.7 Å². The van der Waals surface area contributed by atoms with E-state index in [1.165, 1.54) is 0 Å². The van der Waals surface area contributed by atoms with Gasteiger partial charge in [0.1, 0.15) is 0 Å². The molecule has 0 saturated carbocycles. The molecule has 1 atom stereocenters. The molecule has 0 bridgehead atoms. The third kappa shape index (κ3) is 4.54. The van der Waals surface area contributed by atoms with Crippen LogP contribution in [0.15, 0.2) is 0 Å². The second-order valence-electron chi connectivity index (χ2n) is 5.47. The van der Waals surface area contributed by atoms with Crippen LogP contribution in [-0.2, 0) is 4.74 Å². The van der Waals surface area contributed by atoms with E-state index in [9.17, 15) is 0 Å². The van der Waals surface area contributed by atoms with Crippen LogP contribution < -0.4 is 5.32 Å². The molecule has 0 amide bonds. The summed E-state index contributed by atoms with van der Waals surface area (Å²) in [5, 5.41) is 12.3. The first-order valence-electron chi connectivity index (χ1n) is 6.71. The van der Waals surface area contributed by atoms with Crippen molar-refractivity contribution in [2.75, 3.05) is 46.5 Å². The molecule has 1 aliphatic heterocycles. The molecular weight excluding hydrogens is 216 g/mol. The van der Waals surface area contributed by atoms with Gasteiger partial charge in [0, 0.05) is 44.3 Å². The van der Waals surface area contributed by atoms with Crippen LogP contribution in [0.25, 0.3) is 0 Å². The number of nitrogens with zero attached hydrogens (tertiary/aromatic N) is 1. The van der Waals surface area contributed by atoms with Crippen molar-refractivity contribution in [1.29, 1.82) is 0 Å². The van der Waals surface area contributed by atoms with Gasteiger partial charge in [0.05, 0.1) is 6.61 Å². The van der Waals surface area contributed by atoms with E-state index in [0.29, 0.717) is 6.04 Å². The van der Waals surface area contributed by atoms with Crippen molar-refractivity contribution < 1.29 is 9.84 Å². The molecular formula is C13H28N2O2. The summed E-state index contributed by atoms with van der Waals surface area (Å²) in [6.45, 7) is 9.50. The maximum atomic E-state index is 8.96. The van der Waals surface area contributed by atoms with Gasteiger partial charge in [-0.1, -0.05) is 0 Å². The second-order valence-corrected chi connectivity index (χ2v) is 5.47. The smallest absolute Gasteiger partial charge is 0.0547 e. The van der Waals surface area contributed by atoms with E-state index in [2.05, 4.69) is 24.1 Å². The van der Waals surface area contributed by atoms with E-state index >= 15 is 0 Å². The van der Waals surface area contributed by atoms with E-state index in [1.807, 2.05) is 7.05 Å². The molecule has 4 heteroatoms. The molecule has 2 N–H and O–H groups in total. The lowest BCUT2D eigenvalue weighted by Gasteiger charge is -2.36. The molecule has 1 rings (SSSR count). The summed E-state index contributed by atoms with van der Waals surface area (Å²) >= 11 is 0. The van der Waals surface area contributed by atoms with Gasteiger partial charge in [-0.15, -0.1) is 0 Å². The summed E-state index contributed by atoms with van der Waals surface area (Å²) in [6.07, 6.45) is 1.99. The van der Waals surface area contributed by atoms with Crippen molar-refractivity contribution in [1.82, 2.24) is 10.2 Å². The second kappa shape index (κ2) is 7.31. The third-order valence-corrected chi connectivity index (χ3v) is 3.61. The lowest BCUT2D eigenvalue weighted by Crippen LogP contribution is -2.46. The van der Waals surface area contributed by atoms with Gasteiger partial charge in [0.25, 0.3) is 0 Å². The fourth-order valence-corrected chi connectivity index (χ4v) is 2.57. The molecule has 1 aliphatic rings. The average molecular weight is 244 g/mol. The largest absolute Gasteiger partial charge is 0.396 e. The molecule has 0 aromatic heterocycles. The molecule has 4 nitrogen and oxygen atoms in total. The highest BCUT2D eigenvalue weighted by Crippen LogP contribution is 2.29. The van der Waals surface area contributed by atoms with E-state index in [1.54, 1.807) is 0 Å². The van der Waals surface area contributed by atoms with Crippen molar-refractivity contribution in [2.45, 2.75) is 32.7 Å². The van der Waals surface area contributed by atoms with Gasteiger partial charge >= 0.3 is 0 Å². The first-order chi connectivity index (χ1) is 8.13. The Morgan fingerprint density at radius 1 is 1.47 bits per heavy atom. The van der Waals surface area contributed by atoms with Crippen LogP contribution in [0.5, 0.6) is 0 Å². The maximum absolute atomic E-state index is 8.96. The van der Waals surface area contributed by atoms with E-state index < -0.39 is 0 Å². The quantitative estimate of drug-likeness (QED) is 0.660. The maximum Gasteiger partial charge on any atom is 0.0547 e. The zero-order valence-corrected chi connectivity index (χ0v) is 11.5. The molecule has 0 aliphatic carbocycles. The Hall–Kier alpha value is -0.160. The van der Waals surface area contributed by atoms with Gasteiger partial charge in [-0.2, -0.15) is 0 Å². The van der Waals surface area contributed by atoms with E-state index in [0.717, 1.165) is 45.7 Å². The molecule has 0 aromatic carbocycles. The number of aliphatic hydroxyl groups is 1. The molecule has 102 valence electrons. The van der Waals surface area contributed by atoms with Crippen LogP contribution in [0, 0.1) is 5.41 Å². The molecule has 0 aromatic rings. The number of aliphatic hydroxyl groups excluding tert-OH is 1. The summed E-state index contributed by atoms with van der Waals surface area (Å²) in [4.78, 5) is 2.46. The van der Waals surface area contributed by atoms with Gasteiger partial charge < -0.3 is 20.1 Å². The predicted octanol–water partition coefficient (Wildman–Crippen LogP) is 0.705. The predicted molar refractivity (Wildman–Crippen MR) is 70.2 cm³/mol. The van der Waals surface area contributed by atoms with Crippen molar-refractivity contribution in [3.8, 4) is 0 Å². The SMILES string of the molecule is CNCC1(CN(CCCO)C(C)C)CCOC1. The minimum Gasteiger partial charge on any atom is -0.396 e. The lowest BCUT2D eigenvalue weighted by atomic mass is 9.86. The summed E-state index contributed by atoms with van der Waals surface area (Å²) < 4.78 is 5.58.